The van der Waals surface area contributed by atoms with Gasteiger partial charge in [-0.1, -0.05) is 96.3 Å². The highest BCUT2D eigenvalue weighted by Crippen LogP contribution is 2.40. The average molecular weight is 490 g/mol. The molecule has 0 amide bonds. The van der Waals surface area contributed by atoms with E-state index in [2.05, 4.69) is 65.6 Å². The van der Waals surface area contributed by atoms with E-state index in [1.165, 1.54) is 34.6 Å². The van der Waals surface area contributed by atoms with E-state index < -0.39 is 0 Å². The first-order valence-electron chi connectivity index (χ1n) is 12.0. The van der Waals surface area contributed by atoms with Crippen molar-refractivity contribution in [1.29, 1.82) is 0 Å². The van der Waals surface area contributed by atoms with Crippen molar-refractivity contribution in [1.82, 2.24) is 9.88 Å². The van der Waals surface area contributed by atoms with Crippen LogP contribution in [0.15, 0.2) is 114 Å². The Hall–Kier alpha value is -4.09. The van der Waals surface area contributed by atoms with Gasteiger partial charge in [-0.2, -0.15) is 0 Å². The van der Waals surface area contributed by atoms with Crippen LogP contribution in [0.2, 0.25) is 0 Å². The SMILES string of the molecule is Fc1ccc(-c2nc(-c3ccccc3)c(N=C(c3ccccc3)N3CCc4ccccc4C3)s2)cc1. The summed E-state index contributed by atoms with van der Waals surface area (Å²) in [6, 6.07) is 35.6. The van der Waals surface area contributed by atoms with Crippen molar-refractivity contribution in [3.63, 3.8) is 0 Å². The first kappa shape index (κ1) is 22.4. The van der Waals surface area contributed by atoms with Gasteiger partial charge in [-0.3, -0.25) is 0 Å². The van der Waals surface area contributed by atoms with E-state index in [1.54, 1.807) is 12.1 Å². The molecule has 176 valence electrons. The van der Waals surface area contributed by atoms with Gasteiger partial charge < -0.3 is 4.90 Å². The molecule has 1 aliphatic heterocycles. The third kappa shape index (κ3) is 4.58. The Morgan fingerprint density at radius 3 is 2.17 bits per heavy atom. The lowest BCUT2D eigenvalue weighted by atomic mass is 9.99. The number of aromatic nitrogens is 1. The molecule has 0 bridgehead atoms. The molecule has 5 heteroatoms. The molecular weight excluding hydrogens is 465 g/mol. The van der Waals surface area contributed by atoms with E-state index in [4.69, 9.17) is 9.98 Å². The van der Waals surface area contributed by atoms with Gasteiger partial charge in [0.2, 0.25) is 0 Å². The van der Waals surface area contributed by atoms with Crippen molar-refractivity contribution < 1.29 is 4.39 Å². The second-order valence-corrected chi connectivity index (χ2v) is 9.76. The number of aliphatic imine (C=N–C) groups is 1. The summed E-state index contributed by atoms with van der Waals surface area (Å²) in [4.78, 5) is 12.6. The Kier molecular flexibility index (Phi) is 6.14. The smallest absolute Gasteiger partial charge is 0.146 e. The zero-order valence-corrected chi connectivity index (χ0v) is 20.5. The third-order valence-corrected chi connectivity index (χ3v) is 7.42. The predicted octanol–water partition coefficient (Wildman–Crippen LogP) is 7.75. The zero-order valence-electron chi connectivity index (χ0n) is 19.6. The van der Waals surface area contributed by atoms with E-state index in [-0.39, 0.29) is 5.82 Å². The minimum atomic E-state index is -0.256. The van der Waals surface area contributed by atoms with E-state index in [9.17, 15) is 4.39 Å². The molecule has 2 heterocycles. The van der Waals surface area contributed by atoms with Gasteiger partial charge in [0.25, 0.3) is 0 Å². The number of benzene rings is 4. The lowest BCUT2D eigenvalue weighted by molar-refractivity contribution is 0.395. The van der Waals surface area contributed by atoms with Crippen LogP contribution < -0.4 is 0 Å². The van der Waals surface area contributed by atoms with Crippen LogP contribution in [0.5, 0.6) is 0 Å². The molecule has 0 atom stereocenters. The maximum atomic E-state index is 13.6. The summed E-state index contributed by atoms with van der Waals surface area (Å²) in [5, 5.41) is 1.67. The Labute approximate surface area is 214 Å². The zero-order chi connectivity index (χ0) is 24.3. The van der Waals surface area contributed by atoms with Crippen LogP contribution in [0, 0.1) is 5.82 Å². The lowest BCUT2D eigenvalue weighted by Gasteiger charge is -2.31. The first-order valence-corrected chi connectivity index (χ1v) is 12.8. The number of thiazole rings is 1. The number of rotatable bonds is 4. The van der Waals surface area contributed by atoms with Gasteiger partial charge in [-0.15, -0.1) is 0 Å². The molecule has 36 heavy (non-hydrogen) atoms. The molecule has 0 aliphatic carbocycles. The normalized spacial score (nSPS) is 13.5. The monoisotopic (exact) mass is 489 g/mol. The topological polar surface area (TPSA) is 28.5 Å². The van der Waals surface area contributed by atoms with E-state index in [0.717, 1.165) is 57.7 Å². The molecule has 1 aliphatic rings. The molecule has 3 nitrogen and oxygen atoms in total. The number of amidine groups is 1. The number of hydrogen-bond acceptors (Lipinski definition) is 3. The molecule has 0 spiro atoms. The summed E-state index contributed by atoms with van der Waals surface area (Å²) in [7, 11) is 0. The van der Waals surface area contributed by atoms with Crippen molar-refractivity contribution >= 4 is 22.2 Å². The van der Waals surface area contributed by atoms with Gasteiger partial charge in [-0.05, 0) is 41.8 Å². The third-order valence-electron chi connectivity index (χ3n) is 6.42. The molecule has 0 saturated carbocycles. The standard InChI is InChI=1S/C31H24FN3S/c32-27-17-15-25(16-18-27)30-33-28(23-10-3-1-4-11-23)31(36-30)34-29(24-12-5-2-6-13-24)35-20-19-22-9-7-8-14-26(22)21-35/h1-18H,19-21H2. The highest BCUT2D eigenvalue weighted by molar-refractivity contribution is 7.19. The summed E-state index contributed by atoms with van der Waals surface area (Å²) < 4.78 is 13.6. The fraction of sp³-hybridized carbons (Fsp3) is 0.0968. The number of nitrogens with zero attached hydrogens (tertiary/aromatic N) is 3. The summed E-state index contributed by atoms with van der Waals surface area (Å²) in [6.07, 6.45) is 0.983. The van der Waals surface area contributed by atoms with Gasteiger partial charge >= 0.3 is 0 Å². The predicted molar refractivity (Wildman–Crippen MR) is 146 cm³/mol. The maximum Gasteiger partial charge on any atom is 0.146 e. The van der Waals surface area contributed by atoms with Crippen molar-refractivity contribution in [2.24, 2.45) is 4.99 Å². The Bertz CT molecular complexity index is 1510. The Morgan fingerprint density at radius 2 is 1.42 bits per heavy atom. The van der Waals surface area contributed by atoms with Crippen molar-refractivity contribution in [3.8, 4) is 21.8 Å². The molecule has 0 radical (unpaired) electrons. The van der Waals surface area contributed by atoms with E-state index >= 15 is 0 Å². The Morgan fingerprint density at radius 1 is 0.750 bits per heavy atom. The fourth-order valence-corrected chi connectivity index (χ4v) is 5.53. The summed E-state index contributed by atoms with van der Waals surface area (Å²) in [6.45, 7) is 1.71. The van der Waals surface area contributed by atoms with Crippen LogP contribution in [0.3, 0.4) is 0 Å². The highest BCUT2D eigenvalue weighted by Gasteiger charge is 2.22. The summed E-state index contributed by atoms with van der Waals surface area (Å²) >= 11 is 1.54. The molecular formula is C31H24FN3S. The van der Waals surface area contributed by atoms with Crippen molar-refractivity contribution in [3.05, 3.63) is 132 Å². The lowest BCUT2D eigenvalue weighted by Crippen LogP contribution is -2.36. The molecule has 0 N–H and O–H groups in total. The van der Waals surface area contributed by atoms with Crippen LogP contribution in [-0.4, -0.2) is 22.3 Å². The van der Waals surface area contributed by atoms with Gasteiger partial charge in [0.15, 0.2) is 0 Å². The van der Waals surface area contributed by atoms with Gasteiger partial charge in [0, 0.05) is 29.8 Å². The summed E-state index contributed by atoms with van der Waals surface area (Å²) in [5.74, 6) is 0.685. The maximum absolute atomic E-state index is 13.6. The highest BCUT2D eigenvalue weighted by atomic mass is 32.1. The molecule has 4 aromatic carbocycles. The van der Waals surface area contributed by atoms with Gasteiger partial charge in [-0.25, -0.2) is 14.4 Å². The minimum absolute atomic E-state index is 0.256. The number of fused-ring (bicyclic) bond motifs is 1. The van der Waals surface area contributed by atoms with Crippen LogP contribution in [0.25, 0.3) is 21.8 Å². The molecule has 5 aromatic rings. The van der Waals surface area contributed by atoms with Crippen LogP contribution in [-0.2, 0) is 13.0 Å². The first-order chi connectivity index (χ1) is 17.7. The second-order valence-electron chi connectivity index (χ2n) is 8.79. The van der Waals surface area contributed by atoms with Crippen LogP contribution >= 0.6 is 11.3 Å². The quantitative estimate of drug-likeness (QED) is 0.191. The molecule has 0 fully saturated rings. The number of halogens is 1. The average Bonchev–Trinajstić information content (AvgIpc) is 3.37. The largest absolute Gasteiger partial charge is 0.351 e. The molecule has 0 saturated heterocycles. The molecule has 0 unspecified atom stereocenters. The van der Waals surface area contributed by atoms with Gasteiger partial charge in [0.1, 0.15) is 27.4 Å². The molecule has 1 aromatic heterocycles. The van der Waals surface area contributed by atoms with Crippen LogP contribution in [0.1, 0.15) is 16.7 Å². The second kappa shape index (κ2) is 9.88. The van der Waals surface area contributed by atoms with E-state index in [0.29, 0.717) is 0 Å². The van der Waals surface area contributed by atoms with Gasteiger partial charge in [0.05, 0.1) is 0 Å². The van der Waals surface area contributed by atoms with E-state index in [1.807, 2.05) is 24.3 Å². The van der Waals surface area contributed by atoms with Crippen LogP contribution in [0.4, 0.5) is 9.39 Å². The van der Waals surface area contributed by atoms with Crippen molar-refractivity contribution in [2.45, 2.75) is 13.0 Å². The van der Waals surface area contributed by atoms with Crippen molar-refractivity contribution in [2.75, 3.05) is 6.54 Å². The molecule has 6 rings (SSSR count). The number of hydrogen-bond donors (Lipinski definition) is 0. The Balaban J connectivity index is 1.49. The minimum Gasteiger partial charge on any atom is -0.351 e. The summed E-state index contributed by atoms with van der Waals surface area (Å²) in [5.41, 5.74) is 6.55. The fourth-order valence-electron chi connectivity index (χ4n) is 4.57.